The number of aromatic hydroxyl groups is 1. The molecule has 0 aromatic carbocycles. The van der Waals surface area contributed by atoms with Crippen molar-refractivity contribution in [1.82, 2.24) is 4.98 Å². The predicted molar refractivity (Wildman–Crippen MR) is 48.6 cm³/mol. The Kier molecular flexibility index (Phi) is 5.27. The van der Waals surface area contributed by atoms with Gasteiger partial charge in [-0.15, -0.1) is 0 Å². The quantitative estimate of drug-likeness (QED) is 0.672. The number of carbonyl (C=O) groups is 1. The summed E-state index contributed by atoms with van der Waals surface area (Å²) in [5.74, 6) is -0.484. The second-order valence-corrected chi connectivity index (χ2v) is 1.89. The highest BCUT2D eigenvalue weighted by molar-refractivity contribution is 5.87. The molecule has 1 N–H and O–H groups in total. The SMILES string of the molecule is CC.COC(=O)c1ccc(O)cn1. The number of nitrogens with zero attached hydrogens (tertiary/aromatic N) is 1. The van der Waals surface area contributed by atoms with Gasteiger partial charge in [0.1, 0.15) is 11.4 Å². The van der Waals surface area contributed by atoms with Crippen LogP contribution in [0.4, 0.5) is 0 Å². The summed E-state index contributed by atoms with van der Waals surface area (Å²) in [5.41, 5.74) is 0.185. The maximum Gasteiger partial charge on any atom is 0.356 e. The first kappa shape index (κ1) is 11.4. The zero-order valence-electron chi connectivity index (χ0n) is 7.94. The molecular formula is C9H13NO3. The standard InChI is InChI=1S/C7H7NO3.C2H6/c1-11-7(10)6-3-2-5(9)4-8-6;1-2/h2-4,9H,1H3;1-2H3. The Hall–Kier alpha value is -1.58. The fraction of sp³-hybridized carbons (Fsp3) is 0.333. The summed E-state index contributed by atoms with van der Waals surface area (Å²) < 4.78 is 4.39. The molecule has 4 heteroatoms. The predicted octanol–water partition coefficient (Wildman–Crippen LogP) is 1.60. The summed E-state index contributed by atoms with van der Waals surface area (Å²) in [5, 5.41) is 8.80. The van der Waals surface area contributed by atoms with Crippen LogP contribution in [0, 0.1) is 0 Å². The number of pyridine rings is 1. The Morgan fingerprint density at radius 1 is 1.46 bits per heavy atom. The van der Waals surface area contributed by atoms with E-state index in [4.69, 9.17) is 5.11 Å². The van der Waals surface area contributed by atoms with Crippen LogP contribution in [0.3, 0.4) is 0 Å². The van der Waals surface area contributed by atoms with Gasteiger partial charge < -0.3 is 9.84 Å². The van der Waals surface area contributed by atoms with E-state index in [-0.39, 0.29) is 11.4 Å². The zero-order chi connectivity index (χ0) is 10.3. The van der Waals surface area contributed by atoms with E-state index in [1.807, 2.05) is 13.8 Å². The number of hydrogen-bond donors (Lipinski definition) is 1. The van der Waals surface area contributed by atoms with E-state index in [2.05, 4.69) is 9.72 Å². The lowest BCUT2D eigenvalue weighted by Gasteiger charge is -1.96. The van der Waals surface area contributed by atoms with Gasteiger partial charge >= 0.3 is 5.97 Å². The van der Waals surface area contributed by atoms with E-state index in [0.29, 0.717) is 0 Å². The van der Waals surface area contributed by atoms with Crippen LogP contribution in [0.2, 0.25) is 0 Å². The van der Waals surface area contributed by atoms with Crippen LogP contribution in [0.25, 0.3) is 0 Å². The Labute approximate surface area is 77.2 Å². The molecule has 0 radical (unpaired) electrons. The number of esters is 1. The van der Waals surface area contributed by atoms with Crippen molar-refractivity contribution >= 4 is 5.97 Å². The van der Waals surface area contributed by atoms with Gasteiger partial charge in [0.15, 0.2) is 0 Å². The lowest BCUT2D eigenvalue weighted by atomic mass is 10.3. The molecule has 0 aliphatic rings. The van der Waals surface area contributed by atoms with Crippen LogP contribution in [0.1, 0.15) is 24.3 Å². The van der Waals surface area contributed by atoms with Gasteiger partial charge in [-0.3, -0.25) is 0 Å². The topological polar surface area (TPSA) is 59.4 Å². The average molecular weight is 183 g/mol. The first-order valence-electron chi connectivity index (χ1n) is 3.97. The minimum Gasteiger partial charge on any atom is -0.506 e. The zero-order valence-corrected chi connectivity index (χ0v) is 7.94. The molecule has 0 aliphatic heterocycles. The molecule has 0 fully saturated rings. The van der Waals surface area contributed by atoms with Crippen molar-refractivity contribution in [3.05, 3.63) is 24.0 Å². The van der Waals surface area contributed by atoms with Gasteiger partial charge in [-0.2, -0.15) is 0 Å². The molecule has 0 saturated carbocycles. The Bertz CT molecular complexity index is 256. The Morgan fingerprint density at radius 3 is 2.46 bits per heavy atom. The summed E-state index contributed by atoms with van der Waals surface area (Å²) in [6, 6.07) is 2.76. The van der Waals surface area contributed by atoms with Gasteiger partial charge in [0.25, 0.3) is 0 Å². The lowest BCUT2D eigenvalue weighted by molar-refractivity contribution is 0.0594. The molecule has 1 rings (SSSR count). The van der Waals surface area contributed by atoms with Crippen LogP contribution in [0.15, 0.2) is 18.3 Å². The number of ether oxygens (including phenoxy) is 1. The monoisotopic (exact) mass is 183 g/mol. The largest absolute Gasteiger partial charge is 0.506 e. The van der Waals surface area contributed by atoms with E-state index >= 15 is 0 Å². The normalized spacial score (nSPS) is 8.23. The summed E-state index contributed by atoms with van der Waals surface area (Å²) in [6.07, 6.45) is 1.19. The first-order valence-corrected chi connectivity index (χ1v) is 3.97. The molecule has 0 atom stereocenters. The van der Waals surface area contributed by atoms with Crippen LogP contribution < -0.4 is 0 Å². The third-order valence-corrected chi connectivity index (χ3v) is 1.14. The highest BCUT2D eigenvalue weighted by atomic mass is 16.5. The summed E-state index contributed by atoms with van der Waals surface area (Å²) in [6.45, 7) is 4.00. The molecule has 13 heavy (non-hydrogen) atoms. The van der Waals surface area contributed by atoms with Crippen LogP contribution in [-0.4, -0.2) is 23.2 Å². The minimum absolute atomic E-state index is 0.0256. The van der Waals surface area contributed by atoms with Gasteiger partial charge in [0.2, 0.25) is 0 Å². The van der Waals surface area contributed by atoms with Crippen molar-refractivity contribution in [2.75, 3.05) is 7.11 Å². The molecule has 0 aliphatic carbocycles. The smallest absolute Gasteiger partial charge is 0.356 e. The molecule has 4 nitrogen and oxygen atoms in total. The van der Waals surface area contributed by atoms with Crippen molar-refractivity contribution in [2.45, 2.75) is 13.8 Å². The van der Waals surface area contributed by atoms with E-state index in [0.717, 1.165) is 0 Å². The van der Waals surface area contributed by atoms with E-state index in [9.17, 15) is 4.79 Å². The second-order valence-electron chi connectivity index (χ2n) is 1.89. The van der Waals surface area contributed by atoms with Gasteiger partial charge in [0, 0.05) is 0 Å². The van der Waals surface area contributed by atoms with Gasteiger partial charge in [-0.05, 0) is 12.1 Å². The molecule has 1 heterocycles. The van der Waals surface area contributed by atoms with Crippen LogP contribution in [-0.2, 0) is 4.74 Å². The maximum atomic E-state index is 10.8. The molecule has 0 unspecified atom stereocenters. The first-order chi connectivity index (χ1) is 6.24. The maximum absolute atomic E-state index is 10.8. The second kappa shape index (κ2) is 5.99. The summed E-state index contributed by atoms with van der Waals surface area (Å²) in [7, 11) is 1.27. The van der Waals surface area contributed by atoms with Crippen molar-refractivity contribution < 1.29 is 14.6 Å². The van der Waals surface area contributed by atoms with Crippen LogP contribution in [0.5, 0.6) is 5.75 Å². The van der Waals surface area contributed by atoms with Gasteiger partial charge in [-0.1, -0.05) is 13.8 Å². The molecule has 0 spiro atoms. The summed E-state index contributed by atoms with van der Waals surface area (Å²) in [4.78, 5) is 14.4. The van der Waals surface area contributed by atoms with Crippen molar-refractivity contribution in [2.24, 2.45) is 0 Å². The molecular weight excluding hydrogens is 170 g/mol. The Morgan fingerprint density at radius 2 is 2.08 bits per heavy atom. The highest BCUT2D eigenvalue weighted by Gasteiger charge is 2.04. The van der Waals surface area contributed by atoms with Crippen molar-refractivity contribution in [1.29, 1.82) is 0 Å². The van der Waals surface area contributed by atoms with Crippen molar-refractivity contribution in [3.8, 4) is 5.75 Å². The van der Waals surface area contributed by atoms with Crippen molar-refractivity contribution in [3.63, 3.8) is 0 Å². The van der Waals surface area contributed by atoms with Gasteiger partial charge in [-0.25, -0.2) is 9.78 Å². The van der Waals surface area contributed by atoms with E-state index < -0.39 is 5.97 Å². The molecule has 0 saturated heterocycles. The van der Waals surface area contributed by atoms with E-state index in [1.165, 1.54) is 25.4 Å². The average Bonchev–Trinajstić information content (AvgIpc) is 2.21. The summed E-state index contributed by atoms with van der Waals surface area (Å²) >= 11 is 0. The molecule has 0 amide bonds. The number of hydrogen-bond acceptors (Lipinski definition) is 4. The molecule has 1 aromatic rings. The van der Waals surface area contributed by atoms with Gasteiger partial charge in [0.05, 0.1) is 13.3 Å². The third kappa shape index (κ3) is 3.55. The Balaban J connectivity index is 0.000000671. The third-order valence-electron chi connectivity index (χ3n) is 1.14. The highest BCUT2D eigenvalue weighted by Crippen LogP contribution is 2.06. The fourth-order valence-corrected chi connectivity index (χ4v) is 0.611. The molecule has 72 valence electrons. The minimum atomic E-state index is -0.509. The number of methoxy groups -OCH3 is 1. The molecule has 1 aromatic heterocycles. The fourth-order valence-electron chi connectivity index (χ4n) is 0.611. The van der Waals surface area contributed by atoms with Crippen LogP contribution >= 0.6 is 0 Å². The van der Waals surface area contributed by atoms with E-state index in [1.54, 1.807) is 0 Å². The number of carbonyl (C=O) groups excluding carboxylic acids is 1. The number of aromatic nitrogens is 1. The number of rotatable bonds is 1. The molecule has 0 bridgehead atoms. The lowest BCUT2D eigenvalue weighted by Crippen LogP contribution is -2.02.